The van der Waals surface area contributed by atoms with Gasteiger partial charge in [-0.05, 0) is 25.7 Å². The lowest BCUT2D eigenvalue weighted by atomic mass is 9.71. The molecule has 0 heterocycles. The lowest BCUT2D eigenvalue weighted by Gasteiger charge is -2.35. The van der Waals surface area contributed by atoms with Gasteiger partial charge in [0.25, 0.3) is 0 Å². The van der Waals surface area contributed by atoms with Gasteiger partial charge in [0.2, 0.25) is 0 Å². The van der Waals surface area contributed by atoms with E-state index in [0.717, 1.165) is 21.9 Å². The Bertz CT molecular complexity index is 1100. The lowest BCUT2D eigenvalue weighted by Crippen LogP contribution is -2.23. The molecule has 4 nitrogen and oxygen atoms in total. The van der Waals surface area contributed by atoms with Crippen LogP contribution in [0.4, 0.5) is 0 Å². The highest BCUT2D eigenvalue weighted by Crippen LogP contribution is 2.51. The average Bonchev–Trinajstić information content (AvgIpc) is 2.68. The summed E-state index contributed by atoms with van der Waals surface area (Å²) in [7, 11) is 0. The van der Waals surface area contributed by atoms with Gasteiger partial charge >= 0.3 is 11.9 Å². The zero-order valence-electron chi connectivity index (χ0n) is 18.3. The molecule has 0 N–H and O–H groups in total. The Kier molecular flexibility index (Phi) is 5.71. The van der Waals surface area contributed by atoms with Crippen molar-refractivity contribution in [3.63, 3.8) is 0 Å². The maximum Gasteiger partial charge on any atom is 0.338 e. The monoisotopic (exact) mass is 404 g/mol. The van der Waals surface area contributed by atoms with Crippen LogP contribution in [-0.4, -0.2) is 11.9 Å². The third kappa shape index (κ3) is 3.95. The third-order valence-electron chi connectivity index (χ3n) is 5.24. The van der Waals surface area contributed by atoms with Crippen molar-refractivity contribution in [1.29, 1.82) is 0 Å². The molecule has 1 unspecified atom stereocenters. The van der Waals surface area contributed by atoms with E-state index < -0.39 is 11.9 Å². The fraction of sp³-hybridized carbons (Fsp3) is 0.308. The molecule has 1 atom stereocenters. The molecule has 0 saturated carbocycles. The molecule has 0 fully saturated rings. The highest BCUT2D eigenvalue weighted by Gasteiger charge is 2.35. The minimum absolute atomic E-state index is 0.0268. The first-order valence-electron chi connectivity index (χ1n) is 10.0. The molecular weight excluding hydrogens is 376 g/mol. The first-order valence-corrected chi connectivity index (χ1v) is 10.0. The largest absolute Gasteiger partial charge is 0.422 e. The van der Waals surface area contributed by atoms with E-state index in [0.29, 0.717) is 29.1 Å². The van der Waals surface area contributed by atoms with Crippen LogP contribution in [0.3, 0.4) is 0 Å². The molecule has 0 saturated heterocycles. The Morgan fingerprint density at radius 3 is 1.93 bits per heavy atom. The molecule has 1 aliphatic rings. The van der Waals surface area contributed by atoms with Crippen LogP contribution in [0.5, 0.6) is 11.5 Å². The summed E-state index contributed by atoms with van der Waals surface area (Å²) < 4.78 is 11.7. The van der Waals surface area contributed by atoms with Crippen molar-refractivity contribution in [3.05, 3.63) is 71.8 Å². The van der Waals surface area contributed by atoms with Gasteiger partial charge in [0.05, 0.1) is 0 Å². The second kappa shape index (κ2) is 7.94. The summed E-state index contributed by atoms with van der Waals surface area (Å²) >= 11 is 0. The third-order valence-corrected chi connectivity index (χ3v) is 5.24. The molecule has 0 aromatic heterocycles. The second-order valence-electron chi connectivity index (χ2n) is 8.91. The summed E-state index contributed by atoms with van der Waals surface area (Å²) in [6.07, 6.45) is 4.79. The standard InChI is InChI=1S/C26H28O4/c1-15(2)24(27)29-22-17-11-8-9-12-18(17)23(30-25(28)16(3)4)21-19(22)13-10-14-20(21)26(5,6)7/h8-12,14,20H,1,3,13H2,2,4-7H3. The maximum atomic E-state index is 12.5. The van der Waals surface area contributed by atoms with Gasteiger partial charge in [-0.1, -0.05) is 70.3 Å². The van der Waals surface area contributed by atoms with Crippen LogP contribution in [0, 0.1) is 5.41 Å². The first kappa shape index (κ1) is 21.6. The number of esters is 2. The molecule has 30 heavy (non-hydrogen) atoms. The van der Waals surface area contributed by atoms with Crippen LogP contribution < -0.4 is 9.47 Å². The fourth-order valence-electron chi connectivity index (χ4n) is 3.70. The zero-order valence-corrected chi connectivity index (χ0v) is 18.3. The number of hydrogen-bond donors (Lipinski definition) is 0. The van der Waals surface area contributed by atoms with Crippen LogP contribution in [0.25, 0.3) is 10.8 Å². The van der Waals surface area contributed by atoms with Crippen molar-refractivity contribution in [2.45, 2.75) is 47.0 Å². The van der Waals surface area contributed by atoms with E-state index >= 15 is 0 Å². The van der Waals surface area contributed by atoms with Gasteiger partial charge in [-0.25, -0.2) is 9.59 Å². The highest BCUT2D eigenvalue weighted by atomic mass is 16.5. The predicted octanol–water partition coefficient (Wildman–Crippen LogP) is 6.04. The van der Waals surface area contributed by atoms with E-state index in [-0.39, 0.29) is 11.3 Å². The number of fused-ring (bicyclic) bond motifs is 2. The zero-order chi connectivity index (χ0) is 22.2. The van der Waals surface area contributed by atoms with Gasteiger partial charge in [-0.15, -0.1) is 0 Å². The van der Waals surface area contributed by atoms with Gasteiger partial charge in [0, 0.05) is 39.0 Å². The topological polar surface area (TPSA) is 52.6 Å². The Labute approximate surface area is 177 Å². The molecule has 0 aliphatic heterocycles. The van der Waals surface area contributed by atoms with Crippen LogP contribution in [0.15, 0.2) is 60.7 Å². The number of benzene rings is 2. The van der Waals surface area contributed by atoms with Crippen molar-refractivity contribution in [3.8, 4) is 11.5 Å². The van der Waals surface area contributed by atoms with E-state index in [4.69, 9.17) is 9.47 Å². The van der Waals surface area contributed by atoms with Crippen LogP contribution in [-0.2, 0) is 16.0 Å². The van der Waals surface area contributed by atoms with Crippen molar-refractivity contribution in [1.82, 2.24) is 0 Å². The number of carbonyl (C=O) groups excluding carboxylic acids is 2. The summed E-state index contributed by atoms with van der Waals surface area (Å²) in [5.41, 5.74) is 2.24. The Balaban J connectivity index is 2.40. The smallest absolute Gasteiger partial charge is 0.338 e. The molecule has 4 heteroatoms. The van der Waals surface area contributed by atoms with E-state index in [1.165, 1.54) is 0 Å². The minimum atomic E-state index is -0.476. The summed E-state index contributed by atoms with van der Waals surface area (Å²) in [5, 5.41) is 1.44. The van der Waals surface area contributed by atoms with E-state index in [2.05, 4.69) is 46.1 Å². The minimum Gasteiger partial charge on any atom is -0.422 e. The molecule has 0 radical (unpaired) electrons. The second-order valence-corrected chi connectivity index (χ2v) is 8.91. The van der Waals surface area contributed by atoms with Crippen molar-refractivity contribution in [2.75, 3.05) is 0 Å². The van der Waals surface area contributed by atoms with Gasteiger partial charge in [-0.3, -0.25) is 0 Å². The SMILES string of the molecule is C=C(C)C(=O)Oc1c2c(c(OC(=O)C(=C)C)c3ccccc13)C(C(C)(C)C)C=CC2. The molecular formula is C26H28O4. The predicted molar refractivity (Wildman–Crippen MR) is 120 cm³/mol. The van der Waals surface area contributed by atoms with E-state index in [1.54, 1.807) is 13.8 Å². The van der Waals surface area contributed by atoms with Crippen LogP contribution >= 0.6 is 0 Å². The van der Waals surface area contributed by atoms with Gasteiger partial charge in [-0.2, -0.15) is 0 Å². The number of rotatable bonds is 4. The van der Waals surface area contributed by atoms with Crippen LogP contribution in [0.1, 0.15) is 51.7 Å². The average molecular weight is 405 g/mol. The molecule has 156 valence electrons. The van der Waals surface area contributed by atoms with Gasteiger partial charge in [0.1, 0.15) is 11.5 Å². The normalized spacial score (nSPS) is 15.4. The molecule has 2 aromatic carbocycles. The van der Waals surface area contributed by atoms with Gasteiger partial charge < -0.3 is 9.47 Å². The lowest BCUT2D eigenvalue weighted by molar-refractivity contribution is -0.131. The maximum absolute atomic E-state index is 12.5. The highest BCUT2D eigenvalue weighted by molar-refractivity contribution is 6.01. The quantitative estimate of drug-likeness (QED) is 0.270. The van der Waals surface area contributed by atoms with E-state index in [1.807, 2.05) is 24.3 Å². The molecule has 0 amide bonds. The summed E-state index contributed by atoms with van der Waals surface area (Å²) in [5.74, 6) is 0.0310. The molecule has 3 rings (SSSR count). The first-order chi connectivity index (χ1) is 14.0. The van der Waals surface area contributed by atoms with E-state index in [9.17, 15) is 9.59 Å². The molecule has 0 bridgehead atoms. The number of carbonyl (C=O) groups is 2. The summed E-state index contributed by atoms with van der Waals surface area (Å²) in [6.45, 7) is 17.1. The number of allylic oxidation sites excluding steroid dienone is 2. The summed E-state index contributed by atoms with van der Waals surface area (Å²) in [4.78, 5) is 24.9. The van der Waals surface area contributed by atoms with Crippen molar-refractivity contribution >= 4 is 22.7 Å². The van der Waals surface area contributed by atoms with Crippen molar-refractivity contribution in [2.24, 2.45) is 5.41 Å². The molecule has 0 spiro atoms. The van der Waals surface area contributed by atoms with Crippen LogP contribution in [0.2, 0.25) is 0 Å². The molecule has 2 aromatic rings. The Hall–Kier alpha value is -3.14. The van der Waals surface area contributed by atoms with Crippen molar-refractivity contribution < 1.29 is 19.1 Å². The Morgan fingerprint density at radius 1 is 0.933 bits per heavy atom. The summed E-state index contributed by atoms with van der Waals surface area (Å²) in [6, 6.07) is 7.50. The Morgan fingerprint density at radius 2 is 1.43 bits per heavy atom. The fourth-order valence-corrected chi connectivity index (χ4v) is 3.70. The van der Waals surface area contributed by atoms with Gasteiger partial charge in [0.15, 0.2) is 0 Å². The number of ether oxygens (including phenoxy) is 2. The molecule has 1 aliphatic carbocycles. The number of hydrogen-bond acceptors (Lipinski definition) is 4.